The molecule has 2 heterocycles. The Hall–Kier alpha value is -1.04. The average Bonchev–Trinajstić information content (AvgIpc) is 3.04. The second-order valence-corrected chi connectivity index (χ2v) is 6.50. The molecule has 0 radical (unpaired) electrons. The average molecular weight is 328 g/mol. The van der Waals surface area contributed by atoms with Crippen LogP contribution in [0.3, 0.4) is 0 Å². The molecule has 1 aliphatic heterocycles. The summed E-state index contributed by atoms with van der Waals surface area (Å²) < 4.78 is 16.8. The Balaban J connectivity index is 1.61. The zero-order valence-corrected chi connectivity index (χ0v) is 13.8. The Morgan fingerprint density at radius 2 is 2.05 bits per heavy atom. The molecule has 1 aromatic heterocycles. The minimum Gasteiger partial charge on any atom is -0.466 e. The first-order valence-electron chi connectivity index (χ1n) is 7.69. The van der Waals surface area contributed by atoms with E-state index in [4.69, 9.17) is 25.5 Å². The summed E-state index contributed by atoms with van der Waals surface area (Å²) in [5, 5.41) is 0. The number of amides is 1. The number of carbonyl (C=O) groups excluding carboxylic acids is 1. The van der Waals surface area contributed by atoms with Gasteiger partial charge in [0.15, 0.2) is 5.79 Å². The summed E-state index contributed by atoms with van der Waals surface area (Å²) >= 11 is 5.76. The van der Waals surface area contributed by atoms with Gasteiger partial charge in [-0.1, -0.05) is 0 Å². The van der Waals surface area contributed by atoms with Crippen molar-refractivity contribution in [1.29, 1.82) is 0 Å². The maximum Gasteiger partial charge on any atom is 0.237 e. The van der Waals surface area contributed by atoms with Crippen LogP contribution in [0.4, 0.5) is 0 Å². The van der Waals surface area contributed by atoms with Gasteiger partial charge >= 0.3 is 0 Å². The predicted molar refractivity (Wildman–Crippen MR) is 81.7 cm³/mol. The number of furan rings is 1. The second-order valence-electron chi connectivity index (χ2n) is 6.23. The van der Waals surface area contributed by atoms with Gasteiger partial charge in [0.2, 0.25) is 5.91 Å². The lowest BCUT2D eigenvalue weighted by atomic mass is 9.78. The molecule has 0 bridgehead atoms. The number of nitrogens with zero attached hydrogens (tertiary/aromatic N) is 1. The maximum atomic E-state index is 12.1. The summed E-state index contributed by atoms with van der Waals surface area (Å²) in [5.74, 6) is 1.70. The predicted octanol–water partition coefficient (Wildman–Crippen LogP) is 2.62. The van der Waals surface area contributed by atoms with E-state index in [-0.39, 0.29) is 17.6 Å². The van der Waals surface area contributed by atoms with Crippen molar-refractivity contribution in [3.8, 4) is 0 Å². The fourth-order valence-corrected chi connectivity index (χ4v) is 3.55. The summed E-state index contributed by atoms with van der Waals surface area (Å²) in [6.45, 7) is 6.40. The normalized spacial score (nSPS) is 20.3. The standard InChI is InChI=1S/C16H22ClNO4/c1-11-5-14(12(2)22-11)10-18(15(19)8-17)9-13-6-16(7-13)20-3-4-21-16/h5,13H,3-4,6-10H2,1-2H3. The van der Waals surface area contributed by atoms with Crippen molar-refractivity contribution in [2.45, 2.75) is 39.0 Å². The van der Waals surface area contributed by atoms with Crippen molar-refractivity contribution in [1.82, 2.24) is 4.90 Å². The number of hydrogen-bond acceptors (Lipinski definition) is 4. The van der Waals surface area contributed by atoms with Crippen LogP contribution in [0.25, 0.3) is 0 Å². The molecule has 2 aliphatic rings. The third kappa shape index (κ3) is 3.16. The third-order valence-electron chi connectivity index (χ3n) is 4.46. The van der Waals surface area contributed by atoms with Crippen LogP contribution in [0.15, 0.2) is 10.5 Å². The highest BCUT2D eigenvalue weighted by atomic mass is 35.5. The van der Waals surface area contributed by atoms with Crippen LogP contribution in [0.2, 0.25) is 0 Å². The SMILES string of the molecule is Cc1cc(CN(CC2CC3(C2)OCCO3)C(=O)CCl)c(C)o1. The Labute approximate surface area is 135 Å². The molecule has 3 rings (SSSR count). The van der Waals surface area contributed by atoms with E-state index in [0.717, 1.165) is 29.9 Å². The number of hydrogen-bond donors (Lipinski definition) is 0. The summed E-state index contributed by atoms with van der Waals surface area (Å²) in [6.07, 6.45) is 1.70. The van der Waals surface area contributed by atoms with E-state index >= 15 is 0 Å². The molecule has 1 saturated carbocycles. The Morgan fingerprint density at radius 1 is 1.36 bits per heavy atom. The molecular weight excluding hydrogens is 306 g/mol. The highest BCUT2D eigenvalue weighted by Crippen LogP contribution is 2.44. The van der Waals surface area contributed by atoms with E-state index in [1.807, 2.05) is 24.8 Å². The van der Waals surface area contributed by atoms with Gasteiger partial charge in [0, 0.05) is 31.5 Å². The van der Waals surface area contributed by atoms with Gasteiger partial charge < -0.3 is 18.8 Å². The topological polar surface area (TPSA) is 51.9 Å². The van der Waals surface area contributed by atoms with Crippen molar-refractivity contribution in [2.24, 2.45) is 5.92 Å². The lowest BCUT2D eigenvalue weighted by molar-refractivity contribution is -0.232. The van der Waals surface area contributed by atoms with Gasteiger partial charge in [0.05, 0.1) is 13.2 Å². The fourth-order valence-electron chi connectivity index (χ4n) is 3.38. The van der Waals surface area contributed by atoms with Crippen LogP contribution in [0, 0.1) is 19.8 Å². The summed E-state index contributed by atoms with van der Waals surface area (Å²) in [5.41, 5.74) is 1.04. The molecular formula is C16H22ClNO4. The Bertz CT molecular complexity index is 542. The molecule has 2 fully saturated rings. The highest BCUT2D eigenvalue weighted by Gasteiger charge is 2.49. The molecule has 5 nitrogen and oxygen atoms in total. The van der Waals surface area contributed by atoms with Crippen molar-refractivity contribution in [3.63, 3.8) is 0 Å². The van der Waals surface area contributed by atoms with E-state index in [9.17, 15) is 4.79 Å². The molecule has 1 aliphatic carbocycles. The molecule has 6 heteroatoms. The van der Waals surface area contributed by atoms with E-state index in [1.54, 1.807) is 0 Å². The van der Waals surface area contributed by atoms with Gasteiger partial charge in [-0.15, -0.1) is 11.6 Å². The quantitative estimate of drug-likeness (QED) is 0.780. The molecule has 0 N–H and O–H groups in total. The van der Waals surface area contributed by atoms with Crippen LogP contribution < -0.4 is 0 Å². The van der Waals surface area contributed by atoms with Crippen molar-refractivity contribution >= 4 is 17.5 Å². The smallest absolute Gasteiger partial charge is 0.237 e. The van der Waals surface area contributed by atoms with Crippen LogP contribution in [0.5, 0.6) is 0 Å². The summed E-state index contributed by atoms with van der Waals surface area (Å²) in [7, 11) is 0. The first kappa shape index (κ1) is 15.8. The van der Waals surface area contributed by atoms with Gasteiger partial charge in [0.25, 0.3) is 0 Å². The first-order chi connectivity index (χ1) is 10.5. The van der Waals surface area contributed by atoms with E-state index in [2.05, 4.69) is 0 Å². The van der Waals surface area contributed by atoms with Gasteiger partial charge in [-0.05, 0) is 25.8 Å². The maximum absolute atomic E-state index is 12.1. The molecule has 1 spiro atoms. The van der Waals surface area contributed by atoms with Crippen LogP contribution in [-0.4, -0.2) is 42.2 Å². The summed E-state index contributed by atoms with van der Waals surface area (Å²) in [4.78, 5) is 13.9. The van der Waals surface area contributed by atoms with Gasteiger partial charge in [-0.2, -0.15) is 0 Å². The van der Waals surface area contributed by atoms with Crippen LogP contribution in [-0.2, 0) is 20.8 Å². The minimum atomic E-state index is -0.373. The lowest BCUT2D eigenvalue weighted by Gasteiger charge is -2.44. The molecule has 0 aromatic carbocycles. The molecule has 122 valence electrons. The van der Waals surface area contributed by atoms with Crippen LogP contribution >= 0.6 is 11.6 Å². The number of halogens is 1. The molecule has 1 saturated heterocycles. The molecule has 0 unspecified atom stereocenters. The van der Waals surface area contributed by atoms with Crippen molar-refractivity contribution in [2.75, 3.05) is 25.6 Å². The number of ether oxygens (including phenoxy) is 2. The second kappa shape index (κ2) is 6.22. The monoisotopic (exact) mass is 327 g/mol. The third-order valence-corrected chi connectivity index (χ3v) is 4.69. The van der Waals surface area contributed by atoms with Crippen molar-refractivity contribution < 1.29 is 18.7 Å². The van der Waals surface area contributed by atoms with Gasteiger partial charge in [-0.3, -0.25) is 4.79 Å². The van der Waals surface area contributed by atoms with Gasteiger partial charge in [-0.25, -0.2) is 0 Å². The van der Waals surface area contributed by atoms with Crippen molar-refractivity contribution in [3.05, 3.63) is 23.2 Å². The molecule has 1 amide bonds. The minimum absolute atomic E-state index is 0.000738. The molecule has 1 aromatic rings. The fraction of sp³-hybridized carbons (Fsp3) is 0.688. The van der Waals surface area contributed by atoms with Crippen LogP contribution in [0.1, 0.15) is 29.9 Å². The number of aryl methyl sites for hydroxylation is 2. The highest BCUT2D eigenvalue weighted by molar-refractivity contribution is 6.27. The Morgan fingerprint density at radius 3 is 2.59 bits per heavy atom. The number of rotatable bonds is 5. The molecule has 0 atom stereocenters. The molecule has 22 heavy (non-hydrogen) atoms. The zero-order chi connectivity index (χ0) is 15.7. The number of carbonyl (C=O) groups is 1. The first-order valence-corrected chi connectivity index (χ1v) is 8.22. The Kier molecular flexibility index (Phi) is 4.48. The zero-order valence-electron chi connectivity index (χ0n) is 13.1. The summed E-state index contributed by atoms with van der Waals surface area (Å²) in [6, 6.07) is 1.98. The van der Waals surface area contributed by atoms with E-state index in [0.29, 0.717) is 32.2 Å². The largest absolute Gasteiger partial charge is 0.466 e. The lowest BCUT2D eigenvalue weighted by Crippen LogP contribution is -2.50. The van der Waals surface area contributed by atoms with E-state index in [1.165, 1.54) is 0 Å². The van der Waals surface area contributed by atoms with E-state index < -0.39 is 0 Å². The van der Waals surface area contributed by atoms with Gasteiger partial charge in [0.1, 0.15) is 17.4 Å². The number of alkyl halides is 1.